The molecule has 1 unspecified atom stereocenters. The Bertz CT molecular complexity index is 1200. The van der Waals surface area contributed by atoms with Gasteiger partial charge >= 0.3 is 17.9 Å². The number of esters is 3. The number of unbranched alkanes of at least 4 members (excludes halogenated alkanes) is 24. The Morgan fingerprint density at radius 2 is 0.656 bits per heavy atom. The lowest BCUT2D eigenvalue weighted by atomic mass is 10.1. The monoisotopic (exact) mass is 849 g/mol. The Morgan fingerprint density at radius 3 is 1.07 bits per heavy atom. The van der Waals surface area contributed by atoms with E-state index in [9.17, 15) is 14.4 Å². The molecule has 0 aliphatic rings. The molecular weight excluding hydrogens is 757 g/mol. The summed E-state index contributed by atoms with van der Waals surface area (Å²) in [6.07, 6.45) is 62.8. The Labute approximate surface area is 375 Å². The number of ether oxygens (including phenoxy) is 3. The summed E-state index contributed by atoms with van der Waals surface area (Å²) in [7, 11) is 0. The molecule has 0 aromatic heterocycles. The molecule has 6 nitrogen and oxygen atoms in total. The number of hydrogen-bond donors (Lipinski definition) is 0. The first-order valence-corrected chi connectivity index (χ1v) is 25.2. The van der Waals surface area contributed by atoms with Crippen molar-refractivity contribution in [2.75, 3.05) is 13.2 Å². The Balaban J connectivity index is 4.44. The van der Waals surface area contributed by atoms with Crippen LogP contribution in [-0.2, 0) is 28.6 Å². The summed E-state index contributed by atoms with van der Waals surface area (Å²) in [6, 6.07) is 0. The number of rotatable bonds is 44. The average Bonchev–Trinajstić information content (AvgIpc) is 3.26. The minimum Gasteiger partial charge on any atom is -0.462 e. The molecule has 0 N–H and O–H groups in total. The van der Waals surface area contributed by atoms with Crippen LogP contribution in [0.3, 0.4) is 0 Å². The van der Waals surface area contributed by atoms with Crippen molar-refractivity contribution in [2.24, 2.45) is 0 Å². The van der Waals surface area contributed by atoms with Crippen molar-refractivity contribution in [2.45, 2.75) is 232 Å². The second kappa shape index (κ2) is 49.2. The zero-order valence-electron chi connectivity index (χ0n) is 39.7. The Hall–Kier alpha value is -3.41. The molecule has 0 saturated carbocycles. The summed E-state index contributed by atoms with van der Waals surface area (Å²) < 4.78 is 16.7. The molecule has 0 bridgehead atoms. The molecule has 0 spiro atoms. The third kappa shape index (κ3) is 47.5. The van der Waals surface area contributed by atoms with Crippen LogP contribution in [0.5, 0.6) is 0 Å². The minimum absolute atomic E-state index is 0.0922. The molecule has 0 aromatic rings. The predicted octanol–water partition coefficient (Wildman–Crippen LogP) is 16.4. The van der Waals surface area contributed by atoms with Crippen molar-refractivity contribution >= 4 is 17.9 Å². The van der Waals surface area contributed by atoms with E-state index in [1.807, 2.05) is 60.8 Å². The SMILES string of the molecule is CC\C=C/C=C\C=C/C=C\C=C\C=C/CCCCCC(=O)OCC(COC(=O)CCCCCCCCCCC)OC(=O)CCCCCCCCC/C=C\CCCCCCCC. The van der Waals surface area contributed by atoms with Crippen LogP contribution in [0.2, 0.25) is 0 Å². The zero-order valence-corrected chi connectivity index (χ0v) is 39.7. The van der Waals surface area contributed by atoms with Crippen molar-refractivity contribution < 1.29 is 28.6 Å². The lowest BCUT2D eigenvalue weighted by Gasteiger charge is -2.18. The van der Waals surface area contributed by atoms with Crippen molar-refractivity contribution in [3.63, 3.8) is 0 Å². The first kappa shape index (κ1) is 57.6. The van der Waals surface area contributed by atoms with Crippen LogP contribution < -0.4 is 0 Å². The van der Waals surface area contributed by atoms with Crippen molar-refractivity contribution in [3.8, 4) is 0 Å². The first-order chi connectivity index (χ1) is 30.0. The molecule has 0 aliphatic carbocycles. The molecule has 0 aromatic carbocycles. The number of allylic oxidation sites excluding steroid dienone is 14. The second-order valence-electron chi connectivity index (χ2n) is 16.5. The van der Waals surface area contributed by atoms with Gasteiger partial charge in [0.05, 0.1) is 0 Å². The second-order valence-corrected chi connectivity index (χ2v) is 16.5. The van der Waals surface area contributed by atoms with E-state index < -0.39 is 6.10 Å². The highest BCUT2D eigenvalue weighted by Crippen LogP contribution is 2.14. The molecule has 61 heavy (non-hydrogen) atoms. The minimum atomic E-state index is -0.794. The summed E-state index contributed by atoms with van der Waals surface area (Å²) >= 11 is 0. The molecule has 348 valence electrons. The smallest absolute Gasteiger partial charge is 0.306 e. The predicted molar refractivity (Wildman–Crippen MR) is 261 cm³/mol. The van der Waals surface area contributed by atoms with E-state index in [0.717, 1.165) is 70.6 Å². The van der Waals surface area contributed by atoms with Gasteiger partial charge < -0.3 is 14.2 Å². The quantitative estimate of drug-likeness (QED) is 0.0200. The van der Waals surface area contributed by atoms with E-state index in [0.29, 0.717) is 19.3 Å². The standard InChI is InChI=1S/C55H92O6/c1-4-7-10-13-16-19-21-23-25-27-29-31-33-36-39-42-45-48-54(57)60-51-52(50-59-53(56)47-44-41-38-35-18-15-12-9-6-3)61-55(58)49-46-43-40-37-34-32-30-28-26-24-22-20-17-14-11-8-5-2/h7,10,13,16,19,21,23-27,29,31,33,52H,4-6,8-9,11-12,14-15,17-18,20,22,28,30,32,34-51H2,1-3H3/b10-7-,16-13-,21-19-,25-23-,26-24-,29-27+,33-31-. The highest BCUT2D eigenvalue weighted by molar-refractivity contribution is 5.71. The molecule has 0 saturated heterocycles. The van der Waals surface area contributed by atoms with Gasteiger partial charge in [0, 0.05) is 19.3 Å². The van der Waals surface area contributed by atoms with Crippen LogP contribution >= 0.6 is 0 Å². The maximum absolute atomic E-state index is 12.8. The first-order valence-electron chi connectivity index (χ1n) is 25.2. The van der Waals surface area contributed by atoms with E-state index in [1.165, 1.54) is 116 Å². The van der Waals surface area contributed by atoms with Crippen LogP contribution in [0, 0.1) is 0 Å². The van der Waals surface area contributed by atoms with E-state index in [2.05, 4.69) is 45.1 Å². The fourth-order valence-corrected chi connectivity index (χ4v) is 6.76. The van der Waals surface area contributed by atoms with E-state index in [-0.39, 0.29) is 31.1 Å². The van der Waals surface area contributed by atoms with Gasteiger partial charge in [-0.05, 0) is 64.2 Å². The number of carbonyl (C=O) groups is 3. The summed E-state index contributed by atoms with van der Waals surface area (Å²) in [4.78, 5) is 37.9. The molecule has 0 amide bonds. The van der Waals surface area contributed by atoms with E-state index in [4.69, 9.17) is 14.2 Å². The molecule has 0 rings (SSSR count). The van der Waals surface area contributed by atoms with Crippen LogP contribution in [0.15, 0.2) is 85.1 Å². The summed E-state index contributed by atoms with van der Waals surface area (Å²) in [6.45, 7) is 6.42. The normalized spacial score (nSPS) is 12.8. The van der Waals surface area contributed by atoms with Gasteiger partial charge in [-0.25, -0.2) is 0 Å². The molecular formula is C55H92O6. The maximum Gasteiger partial charge on any atom is 0.306 e. The van der Waals surface area contributed by atoms with Gasteiger partial charge in [0.2, 0.25) is 0 Å². The Kier molecular flexibility index (Phi) is 46.5. The summed E-state index contributed by atoms with van der Waals surface area (Å²) in [5.74, 6) is -0.946. The van der Waals surface area contributed by atoms with Crippen LogP contribution in [0.25, 0.3) is 0 Å². The zero-order chi connectivity index (χ0) is 44.4. The van der Waals surface area contributed by atoms with Crippen LogP contribution in [-0.4, -0.2) is 37.2 Å². The fourth-order valence-electron chi connectivity index (χ4n) is 6.76. The topological polar surface area (TPSA) is 78.9 Å². The fraction of sp³-hybridized carbons (Fsp3) is 0.691. The third-order valence-corrected chi connectivity index (χ3v) is 10.5. The largest absolute Gasteiger partial charge is 0.462 e. The van der Waals surface area contributed by atoms with Gasteiger partial charge in [-0.3, -0.25) is 14.4 Å². The van der Waals surface area contributed by atoms with Gasteiger partial charge in [-0.1, -0.05) is 228 Å². The van der Waals surface area contributed by atoms with Crippen molar-refractivity contribution in [1.82, 2.24) is 0 Å². The Morgan fingerprint density at radius 1 is 0.344 bits per heavy atom. The van der Waals surface area contributed by atoms with Gasteiger partial charge in [-0.15, -0.1) is 0 Å². The highest BCUT2D eigenvalue weighted by atomic mass is 16.6. The molecule has 0 radical (unpaired) electrons. The van der Waals surface area contributed by atoms with E-state index in [1.54, 1.807) is 0 Å². The third-order valence-electron chi connectivity index (χ3n) is 10.5. The molecule has 1 atom stereocenters. The van der Waals surface area contributed by atoms with Gasteiger partial charge in [0.15, 0.2) is 6.10 Å². The summed E-state index contributed by atoms with van der Waals surface area (Å²) in [5, 5.41) is 0. The van der Waals surface area contributed by atoms with Crippen molar-refractivity contribution in [1.29, 1.82) is 0 Å². The molecule has 0 fully saturated rings. The lowest BCUT2D eigenvalue weighted by Crippen LogP contribution is -2.30. The lowest BCUT2D eigenvalue weighted by molar-refractivity contribution is -0.167. The number of hydrogen-bond acceptors (Lipinski definition) is 6. The molecule has 0 aliphatic heterocycles. The highest BCUT2D eigenvalue weighted by Gasteiger charge is 2.19. The summed E-state index contributed by atoms with van der Waals surface area (Å²) in [5.41, 5.74) is 0. The van der Waals surface area contributed by atoms with Gasteiger partial charge in [-0.2, -0.15) is 0 Å². The average molecular weight is 849 g/mol. The maximum atomic E-state index is 12.8. The van der Waals surface area contributed by atoms with Crippen molar-refractivity contribution in [3.05, 3.63) is 85.1 Å². The van der Waals surface area contributed by atoms with E-state index >= 15 is 0 Å². The van der Waals surface area contributed by atoms with Crippen LogP contribution in [0.1, 0.15) is 226 Å². The number of carbonyl (C=O) groups excluding carboxylic acids is 3. The van der Waals surface area contributed by atoms with Gasteiger partial charge in [0.25, 0.3) is 0 Å². The molecule has 0 heterocycles. The van der Waals surface area contributed by atoms with Crippen LogP contribution in [0.4, 0.5) is 0 Å². The van der Waals surface area contributed by atoms with Gasteiger partial charge in [0.1, 0.15) is 13.2 Å². The molecule has 6 heteroatoms.